The molecule has 0 radical (unpaired) electrons. The molecule has 3 aromatic rings. The third-order valence-corrected chi connectivity index (χ3v) is 3.30. The van der Waals surface area contributed by atoms with Crippen molar-refractivity contribution in [1.82, 2.24) is 9.97 Å². The van der Waals surface area contributed by atoms with Gasteiger partial charge in [-0.3, -0.25) is 0 Å². The molecule has 0 saturated heterocycles. The minimum absolute atomic E-state index is 0. The summed E-state index contributed by atoms with van der Waals surface area (Å²) in [4.78, 5) is 8.62. The lowest BCUT2D eigenvalue weighted by atomic mass is 10.2. The van der Waals surface area contributed by atoms with Gasteiger partial charge in [0.1, 0.15) is 11.6 Å². The first kappa shape index (κ1) is 14.4. The fourth-order valence-corrected chi connectivity index (χ4v) is 2.36. The van der Waals surface area contributed by atoms with E-state index in [9.17, 15) is 4.39 Å². The Hall–Kier alpha value is -1.98. The fraction of sp³-hybridized carbons (Fsp3) is 0. The van der Waals surface area contributed by atoms with Gasteiger partial charge in [-0.05, 0) is 36.4 Å². The van der Waals surface area contributed by atoms with Crippen molar-refractivity contribution in [2.75, 3.05) is 5.32 Å². The summed E-state index contributed by atoms with van der Waals surface area (Å²) in [5.74, 6) is 0.508. The molecule has 0 bridgehead atoms. The number of thiazole rings is 1. The van der Waals surface area contributed by atoms with Crippen LogP contribution in [0.4, 0.5) is 15.3 Å². The number of hydrogen-bond donors (Lipinski definition) is 1. The van der Waals surface area contributed by atoms with Crippen LogP contribution < -0.4 is 5.32 Å². The number of benzene rings is 1. The van der Waals surface area contributed by atoms with E-state index in [4.69, 9.17) is 0 Å². The van der Waals surface area contributed by atoms with Crippen molar-refractivity contribution in [2.45, 2.75) is 0 Å². The molecule has 0 atom stereocenters. The summed E-state index contributed by atoms with van der Waals surface area (Å²) < 4.78 is 12.9. The first-order valence-corrected chi connectivity index (χ1v) is 6.59. The second-order valence-corrected chi connectivity index (χ2v) is 4.74. The lowest BCUT2D eigenvalue weighted by Gasteiger charge is -1.99. The van der Waals surface area contributed by atoms with E-state index in [2.05, 4.69) is 15.3 Å². The molecule has 0 spiro atoms. The van der Waals surface area contributed by atoms with Gasteiger partial charge in [-0.15, -0.1) is 23.7 Å². The number of aromatic nitrogens is 2. The second-order valence-electron chi connectivity index (χ2n) is 3.88. The molecule has 1 N–H and O–H groups in total. The van der Waals surface area contributed by atoms with Gasteiger partial charge in [0.25, 0.3) is 0 Å². The van der Waals surface area contributed by atoms with Gasteiger partial charge in [0.2, 0.25) is 0 Å². The predicted molar refractivity (Wildman–Crippen MR) is 82.3 cm³/mol. The highest BCUT2D eigenvalue weighted by Gasteiger charge is 2.05. The van der Waals surface area contributed by atoms with Gasteiger partial charge < -0.3 is 5.32 Å². The largest absolute Gasteiger partial charge is 0.316 e. The molecular weight excluding hydrogens is 297 g/mol. The maximum absolute atomic E-state index is 12.9. The average Bonchev–Trinajstić information content (AvgIpc) is 2.89. The molecule has 0 aliphatic rings. The Morgan fingerprint density at radius 1 is 1.05 bits per heavy atom. The topological polar surface area (TPSA) is 37.8 Å². The van der Waals surface area contributed by atoms with E-state index < -0.39 is 0 Å². The van der Waals surface area contributed by atoms with E-state index >= 15 is 0 Å². The molecule has 0 saturated carbocycles. The van der Waals surface area contributed by atoms with Gasteiger partial charge in [0.15, 0.2) is 5.13 Å². The monoisotopic (exact) mass is 307 g/mol. The van der Waals surface area contributed by atoms with Gasteiger partial charge in [-0.1, -0.05) is 6.07 Å². The maximum atomic E-state index is 12.9. The summed E-state index contributed by atoms with van der Waals surface area (Å²) in [6.07, 6.45) is 1.72. The molecule has 2 heterocycles. The van der Waals surface area contributed by atoms with Crippen molar-refractivity contribution >= 4 is 34.7 Å². The van der Waals surface area contributed by atoms with Crippen molar-refractivity contribution in [1.29, 1.82) is 0 Å². The van der Waals surface area contributed by atoms with Crippen LogP contribution >= 0.6 is 23.7 Å². The third kappa shape index (κ3) is 3.31. The first-order valence-electron chi connectivity index (χ1n) is 5.71. The second kappa shape index (κ2) is 6.45. The van der Waals surface area contributed by atoms with Crippen molar-refractivity contribution in [2.24, 2.45) is 0 Å². The number of halogens is 2. The van der Waals surface area contributed by atoms with Crippen molar-refractivity contribution in [3.8, 4) is 11.3 Å². The van der Waals surface area contributed by atoms with E-state index in [1.807, 2.05) is 23.6 Å². The Labute approximate surface area is 125 Å². The van der Waals surface area contributed by atoms with E-state index in [-0.39, 0.29) is 18.2 Å². The van der Waals surface area contributed by atoms with Crippen LogP contribution in [0.5, 0.6) is 0 Å². The Morgan fingerprint density at radius 2 is 1.85 bits per heavy atom. The number of pyridine rings is 1. The van der Waals surface area contributed by atoms with Crippen LogP contribution in [0.1, 0.15) is 0 Å². The highest BCUT2D eigenvalue weighted by atomic mass is 35.5. The molecule has 102 valence electrons. The standard InChI is InChI=1S/C14H10FN3S.ClH/c15-11-6-4-10(5-7-11)12-9-19-14(17-12)18-13-3-1-2-8-16-13;/h1-9H,(H,16,17,18);1H. The number of hydrogen-bond acceptors (Lipinski definition) is 4. The zero-order valence-electron chi connectivity index (χ0n) is 10.3. The summed E-state index contributed by atoms with van der Waals surface area (Å²) in [6.45, 7) is 0. The number of anilines is 2. The fourth-order valence-electron chi connectivity index (χ4n) is 1.63. The van der Waals surface area contributed by atoms with Crippen LogP contribution in [0, 0.1) is 5.82 Å². The lowest BCUT2D eigenvalue weighted by Crippen LogP contribution is -1.91. The zero-order valence-corrected chi connectivity index (χ0v) is 11.9. The summed E-state index contributed by atoms with van der Waals surface area (Å²) in [5.41, 5.74) is 1.72. The molecule has 0 amide bonds. The van der Waals surface area contributed by atoms with Crippen LogP contribution in [0.25, 0.3) is 11.3 Å². The quantitative estimate of drug-likeness (QED) is 0.773. The molecule has 0 fully saturated rings. The van der Waals surface area contributed by atoms with Gasteiger partial charge in [-0.25, -0.2) is 14.4 Å². The van der Waals surface area contributed by atoms with E-state index in [1.54, 1.807) is 18.3 Å². The van der Waals surface area contributed by atoms with Crippen molar-refractivity contribution in [3.05, 3.63) is 59.9 Å². The average molecular weight is 308 g/mol. The predicted octanol–water partition coefficient (Wildman–Crippen LogP) is 4.51. The molecule has 0 aliphatic heterocycles. The normalized spacial score (nSPS) is 9.85. The smallest absolute Gasteiger partial charge is 0.188 e. The van der Waals surface area contributed by atoms with Gasteiger partial charge in [-0.2, -0.15) is 0 Å². The van der Waals surface area contributed by atoms with Crippen molar-refractivity contribution in [3.63, 3.8) is 0 Å². The SMILES string of the molecule is Cl.Fc1ccc(-c2csc(Nc3ccccn3)n2)cc1. The summed E-state index contributed by atoms with van der Waals surface area (Å²) in [5, 5.41) is 5.82. The van der Waals surface area contributed by atoms with Crippen molar-refractivity contribution < 1.29 is 4.39 Å². The first-order chi connectivity index (χ1) is 9.31. The number of nitrogens with zero attached hydrogens (tertiary/aromatic N) is 2. The molecular formula is C14H11ClFN3S. The Morgan fingerprint density at radius 3 is 2.55 bits per heavy atom. The minimum atomic E-state index is -0.245. The Bertz CT molecular complexity index is 670. The number of nitrogens with one attached hydrogen (secondary N) is 1. The molecule has 0 unspecified atom stereocenters. The summed E-state index contributed by atoms with van der Waals surface area (Å²) in [7, 11) is 0. The maximum Gasteiger partial charge on any atom is 0.188 e. The van der Waals surface area contributed by atoms with Gasteiger partial charge in [0.05, 0.1) is 5.69 Å². The van der Waals surface area contributed by atoms with Gasteiger partial charge in [0, 0.05) is 17.1 Å². The van der Waals surface area contributed by atoms with E-state index in [0.717, 1.165) is 22.2 Å². The molecule has 3 nitrogen and oxygen atoms in total. The summed E-state index contributed by atoms with van der Waals surface area (Å²) >= 11 is 1.49. The molecule has 6 heteroatoms. The Kier molecular flexibility index (Phi) is 4.65. The van der Waals surface area contributed by atoms with Gasteiger partial charge >= 0.3 is 0 Å². The van der Waals surface area contributed by atoms with Crippen LogP contribution in [-0.4, -0.2) is 9.97 Å². The van der Waals surface area contributed by atoms with Crippen LogP contribution in [0.15, 0.2) is 54.0 Å². The molecule has 3 rings (SSSR count). The van der Waals surface area contributed by atoms with Crippen LogP contribution in [0.3, 0.4) is 0 Å². The molecule has 2 aromatic heterocycles. The number of rotatable bonds is 3. The summed E-state index contributed by atoms with van der Waals surface area (Å²) in [6, 6.07) is 11.9. The van der Waals surface area contributed by atoms with E-state index in [0.29, 0.717) is 0 Å². The highest BCUT2D eigenvalue weighted by molar-refractivity contribution is 7.14. The van der Waals surface area contributed by atoms with Crippen LogP contribution in [-0.2, 0) is 0 Å². The van der Waals surface area contributed by atoms with E-state index in [1.165, 1.54) is 23.5 Å². The molecule has 0 aliphatic carbocycles. The Balaban J connectivity index is 0.00000147. The molecule has 1 aromatic carbocycles. The van der Waals surface area contributed by atoms with Crippen LogP contribution in [0.2, 0.25) is 0 Å². The zero-order chi connectivity index (χ0) is 13.1. The highest BCUT2D eigenvalue weighted by Crippen LogP contribution is 2.26. The minimum Gasteiger partial charge on any atom is -0.316 e. The molecule has 20 heavy (non-hydrogen) atoms. The lowest BCUT2D eigenvalue weighted by molar-refractivity contribution is 0.628. The third-order valence-electron chi connectivity index (χ3n) is 2.54.